The van der Waals surface area contributed by atoms with Gasteiger partial charge in [0, 0.05) is 24.2 Å². The summed E-state index contributed by atoms with van der Waals surface area (Å²) in [6.45, 7) is 0. The van der Waals surface area contributed by atoms with Gasteiger partial charge < -0.3 is 10.1 Å². The average molecular weight is 236 g/mol. The van der Waals surface area contributed by atoms with Crippen LogP contribution in [-0.2, 0) is 11.2 Å². The van der Waals surface area contributed by atoms with Gasteiger partial charge in [-0.2, -0.15) is 0 Å². The van der Waals surface area contributed by atoms with Crippen LogP contribution in [-0.4, -0.2) is 17.9 Å². The fourth-order valence-electron chi connectivity index (χ4n) is 1.89. The van der Waals surface area contributed by atoms with Crippen LogP contribution in [0.25, 0.3) is 0 Å². The molecule has 0 aliphatic carbocycles. The van der Waals surface area contributed by atoms with E-state index < -0.39 is 4.92 Å². The Balaban J connectivity index is 2.51. The summed E-state index contributed by atoms with van der Waals surface area (Å²) in [5.74, 6) is 0.0932. The van der Waals surface area contributed by atoms with Crippen molar-refractivity contribution in [1.29, 1.82) is 0 Å². The van der Waals surface area contributed by atoms with Gasteiger partial charge in [-0.05, 0) is 18.4 Å². The summed E-state index contributed by atoms with van der Waals surface area (Å²) in [4.78, 5) is 21.8. The van der Waals surface area contributed by atoms with Crippen molar-refractivity contribution in [1.82, 2.24) is 0 Å². The lowest BCUT2D eigenvalue weighted by Gasteiger charge is -2.09. The number of nitrogens with one attached hydrogen (secondary N) is 1. The number of ether oxygens (including phenoxy) is 1. The van der Waals surface area contributed by atoms with Crippen LogP contribution < -0.4 is 10.1 Å². The van der Waals surface area contributed by atoms with E-state index in [0.29, 0.717) is 24.9 Å². The first-order valence-corrected chi connectivity index (χ1v) is 5.27. The van der Waals surface area contributed by atoms with Gasteiger partial charge in [0.25, 0.3) is 0 Å². The molecule has 2 rings (SSSR count). The molecule has 0 saturated heterocycles. The maximum absolute atomic E-state index is 11.4. The first kappa shape index (κ1) is 11.4. The second-order valence-electron chi connectivity index (χ2n) is 3.84. The highest BCUT2D eigenvalue weighted by atomic mass is 16.6. The predicted octanol–water partition coefficient (Wildman–Crippen LogP) is 1.88. The Bertz CT molecular complexity index is 485. The summed E-state index contributed by atoms with van der Waals surface area (Å²) in [7, 11) is 1.37. The van der Waals surface area contributed by atoms with Crippen molar-refractivity contribution >= 4 is 17.3 Å². The Hall–Kier alpha value is -2.11. The molecule has 0 unspecified atom stereocenters. The van der Waals surface area contributed by atoms with E-state index in [0.717, 1.165) is 5.56 Å². The minimum atomic E-state index is -0.480. The van der Waals surface area contributed by atoms with Gasteiger partial charge in [0.1, 0.15) is 0 Å². The number of aryl methyl sites for hydroxylation is 1. The van der Waals surface area contributed by atoms with Gasteiger partial charge in [-0.3, -0.25) is 14.9 Å². The Kier molecular flexibility index (Phi) is 2.95. The molecule has 0 radical (unpaired) electrons. The van der Waals surface area contributed by atoms with Crippen molar-refractivity contribution in [2.45, 2.75) is 19.3 Å². The van der Waals surface area contributed by atoms with Crippen molar-refractivity contribution < 1.29 is 14.5 Å². The van der Waals surface area contributed by atoms with E-state index in [4.69, 9.17) is 4.74 Å². The molecule has 17 heavy (non-hydrogen) atoms. The fourth-order valence-corrected chi connectivity index (χ4v) is 1.89. The van der Waals surface area contributed by atoms with E-state index >= 15 is 0 Å². The van der Waals surface area contributed by atoms with E-state index in [-0.39, 0.29) is 17.3 Å². The van der Waals surface area contributed by atoms with Crippen LogP contribution in [0.5, 0.6) is 5.75 Å². The van der Waals surface area contributed by atoms with Crippen molar-refractivity contribution in [2.24, 2.45) is 0 Å². The number of nitro groups is 1. The highest BCUT2D eigenvalue weighted by Crippen LogP contribution is 2.34. The number of amides is 1. The number of fused-ring (bicyclic) bond motifs is 1. The molecule has 1 aliphatic rings. The maximum Gasteiger partial charge on any atom is 0.311 e. The third-order valence-corrected chi connectivity index (χ3v) is 2.73. The normalized spacial score (nSPS) is 14.5. The van der Waals surface area contributed by atoms with Crippen LogP contribution in [0.3, 0.4) is 0 Å². The molecule has 1 heterocycles. The quantitative estimate of drug-likeness (QED) is 0.627. The predicted molar refractivity (Wildman–Crippen MR) is 61.2 cm³/mol. The monoisotopic (exact) mass is 236 g/mol. The van der Waals surface area contributed by atoms with E-state index in [1.807, 2.05) is 0 Å². The van der Waals surface area contributed by atoms with Gasteiger partial charge in [-0.25, -0.2) is 0 Å². The second-order valence-corrected chi connectivity index (χ2v) is 3.84. The average Bonchev–Trinajstić information content (AvgIpc) is 2.47. The summed E-state index contributed by atoms with van der Waals surface area (Å²) in [5.41, 5.74) is 1.32. The van der Waals surface area contributed by atoms with Crippen LogP contribution in [0.4, 0.5) is 11.4 Å². The zero-order chi connectivity index (χ0) is 12.4. The number of nitro benzene ring substituents is 1. The minimum Gasteiger partial charge on any atom is -0.490 e. The van der Waals surface area contributed by atoms with Gasteiger partial charge in [-0.1, -0.05) is 0 Å². The minimum absolute atomic E-state index is 0.0672. The summed E-state index contributed by atoms with van der Waals surface area (Å²) in [6, 6.07) is 2.98. The number of anilines is 1. The summed E-state index contributed by atoms with van der Waals surface area (Å²) < 4.78 is 4.96. The lowest BCUT2D eigenvalue weighted by atomic mass is 10.1. The van der Waals surface area contributed by atoms with Crippen LogP contribution in [0.1, 0.15) is 18.4 Å². The molecule has 0 saturated carbocycles. The topological polar surface area (TPSA) is 81.5 Å². The molecule has 0 spiro atoms. The highest BCUT2D eigenvalue weighted by Gasteiger charge is 2.21. The number of hydrogen-bond acceptors (Lipinski definition) is 4. The fraction of sp³-hybridized carbons (Fsp3) is 0.364. The summed E-state index contributed by atoms with van der Waals surface area (Å²) in [6.07, 6.45) is 1.78. The van der Waals surface area contributed by atoms with Crippen LogP contribution in [0.15, 0.2) is 12.1 Å². The Morgan fingerprint density at radius 3 is 2.82 bits per heavy atom. The smallest absolute Gasteiger partial charge is 0.311 e. The zero-order valence-electron chi connectivity index (χ0n) is 9.36. The molecule has 0 aromatic heterocycles. The Morgan fingerprint density at radius 2 is 2.18 bits per heavy atom. The third kappa shape index (κ3) is 2.20. The van der Waals surface area contributed by atoms with E-state index in [9.17, 15) is 14.9 Å². The molecule has 0 atom stereocenters. The van der Waals surface area contributed by atoms with Crippen molar-refractivity contribution in [3.63, 3.8) is 0 Å². The molecule has 1 amide bonds. The largest absolute Gasteiger partial charge is 0.490 e. The lowest BCUT2D eigenvalue weighted by Crippen LogP contribution is -2.09. The molecule has 0 bridgehead atoms. The van der Waals surface area contributed by atoms with Crippen LogP contribution >= 0.6 is 0 Å². The standard InChI is InChI=1S/C11H12N2O4/c1-17-10-6-8-7(5-9(10)13(15)16)3-2-4-11(14)12-8/h5-6H,2-4H2,1H3,(H,12,14). The van der Waals surface area contributed by atoms with Crippen molar-refractivity contribution in [2.75, 3.05) is 12.4 Å². The van der Waals surface area contributed by atoms with Gasteiger partial charge in [-0.15, -0.1) is 0 Å². The highest BCUT2D eigenvalue weighted by molar-refractivity contribution is 5.93. The number of methoxy groups -OCH3 is 1. The molecule has 1 N–H and O–H groups in total. The molecular formula is C11H12N2O4. The van der Waals surface area contributed by atoms with Crippen molar-refractivity contribution in [3.05, 3.63) is 27.8 Å². The number of nitrogens with zero attached hydrogens (tertiary/aromatic N) is 1. The van der Waals surface area contributed by atoms with Gasteiger partial charge in [0.2, 0.25) is 5.91 Å². The molecule has 1 aromatic carbocycles. The molecule has 1 aromatic rings. The van der Waals surface area contributed by atoms with E-state index in [2.05, 4.69) is 5.32 Å². The van der Waals surface area contributed by atoms with E-state index in [1.54, 1.807) is 0 Å². The number of benzene rings is 1. The molecular weight excluding hydrogens is 224 g/mol. The van der Waals surface area contributed by atoms with Crippen LogP contribution in [0, 0.1) is 10.1 Å². The van der Waals surface area contributed by atoms with Gasteiger partial charge in [0.15, 0.2) is 5.75 Å². The van der Waals surface area contributed by atoms with Gasteiger partial charge in [0.05, 0.1) is 12.0 Å². The van der Waals surface area contributed by atoms with Crippen molar-refractivity contribution in [3.8, 4) is 5.75 Å². The number of hydrogen-bond donors (Lipinski definition) is 1. The SMILES string of the molecule is COc1cc2c(cc1[N+](=O)[O-])CCCC(=O)N2. The molecule has 1 aliphatic heterocycles. The molecule has 6 nitrogen and oxygen atoms in total. The number of carbonyl (C=O) groups is 1. The number of rotatable bonds is 2. The molecule has 90 valence electrons. The molecule has 0 fully saturated rings. The first-order valence-electron chi connectivity index (χ1n) is 5.27. The summed E-state index contributed by atoms with van der Waals surface area (Å²) in [5, 5.41) is 13.6. The molecule has 6 heteroatoms. The van der Waals surface area contributed by atoms with Gasteiger partial charge >= 0.3 is 5.69 Å². The van der Waals surface area contributed by atoms with E-state index in [1.165, 1.54) is 19.2 Å². The Labute approximate surface area is 97.7 Å². The Morgan fingerprint density at radius 1 is 1.41 bits per heavy atom. The maximum atomic E-state index is 11.4. The first-order chi connectivity index (χ1) is 8.11. The number of carbonyl (C=O) groups excluding carboxylic acids is 1. The lowest BCUT2D eigenvalue weighted by molar-refractivity contribution is -0.385. The zero-order valence-corrected chi connectivity index (χ0v) is 9.36. The van der Waals surface area contributed by atoms with Crippen LogP contribution in [0.2, 0.25) is 0 Å². The second kappa shape index (κ2) is 4.40. The third-order valence-electron chi connectivity index (χ3n) is 2.73. The summed E-state index contributed by atoms with van der Waals surface area (Å²) >= 11 is 0.